The Morgan fingerprint density at radius 1 is 1.78 bits per heavy atom. The normalized spacial score (nSPS) is 8.11. The Morgan fingerprint density at radius 2 is 2.44 bits per heavy atom. The molecule has 0 radical (unpaired) electrons. The smallest absolute Gasteiger partial charge is 0.541 e. The molecule has 0 fully saturated rings. The first-order valence-electron chi connectivity index (χ1n) is 1.86. The minimum absolute atomic E-state index is 0. The third kappa shape index (κ3) is 12.7. The Labute approximate surface area is 101 Å². The molecule has 6 heteroatoms. The van der Waals surface area contributed by atoms with Gasteiger partial charge >= 0.3 is 51.4 Å². The van der Waals surface area contributed by atoms with Crippen LogP contribution < -0.4 is 56.9 Å². The molecule has 48 valence electrons. The monoisotopic (exact) mass is 175 g/mol. The minimum atomic E-state index is 0. The van der Waals surface area contributed by atoms with Gasteiger partial charge in [0, 0.05) is 18.3 Å². The van der Waals surface area contributed by atoms with Gasteiger partial charge in [0.2, 0.25) is 0 Å². The minimum Gasteiger partial charge on any atom is -0.541 e. The van der Waals surface area contributed by atoms with Crippen LogP contribution in [0.15, 0.2) is 0 Å². The van der Waals surface area contributed by atoms with Crippen molar-refractivity contribution in [2.75, 3.05) is 12.8 Å². The quantitative estimate of drug-likeness (QED) is 0.119. The van der Waals surface area contributed by atoms with E-state index in [2.05, 4.69) is 14.8 Å². The predicted octanol–water partition coefficient (Wildman–Crippen LogP) is -3.17. The summed E-state index contributed by atoms with van der Waals surface area (Å²) in [6, 6.07) is 0. The largest absolute Gasteiger partial charge is 1.00 e. The van der Waals surface area contributed by atoms with E-state index < -0.39 is 0 Å². The number of carbonyl (C=O) groups excluding carboxylic acids is 1. The Bertz CT molecular complexity index is 65.0. The fourth-order valence-corrected chi connectivity index (χ4v) is 0.233. The van der Waals surface area contributed by atoms with E-state index in [0.717, 1.165) is 12.0 Å². The van der Waals surface area contributed by atoms with Crippen LogP contribution in [0.5, 0.6) is 0 Å². The van der Waals surface area contributed by atoms with Crippen LogP contribution in [0.25, 0.3) is 0 Å². The summed E-state index contributed by atoms with van der Waals surface area (Å²) in [6.07, 6.45) is 3.24. The summed E-state index contributed by atoms with van der Waals surface area (Å²) in [5, 5.41) is 0. The molecule has 0 heterocycles. The molecule has 0 aliphatic heterocycles. The van der Waals surface area contributed by atoms with Gasteiger partial charge < -0.3 is 4.79 Å². The van der Waals surface area contributed by atoms with Crippen molar-refractivity contribution in [3.05, 3.63) is 0 Å². The second-order valence-electron chi connectivity index (χ2n) is 0.783. The molecule has 0 aromatic heterocycles. The van der Waals surface area contributed by atoms with E-state index in [9.17, 15) is 4.79 Å². The first kappa shape index (κ1) is 13.1. The van der Waals surface area contributed by atoms with Crippen molar-refractivity contribution < 1.29 is 65.5 Å². The first-order chi connectivity index (χ1) is 3.91. The molecular weight excluding hydrogens is 169 g/mol. The van der Waals surface area contributed by atoms with Crippen LogP contribution in [0.3, 0.4) is 0 Å². The number of hydroxylamine groups is 1. The van der Waals surface area contributed by atoms with Crippen LogP contribution in [0, 0.1) is 0 Å². The third-order valence-electron chi connectivity index (χ3n) is 0.305. The first-order valence-corrected chi connectivity index (χ1v) is 3.01. The van der Waals surface area contributed by atoms with Gasteiger partial charge in [0.1, 0.15) is 0 Å². The zero-order valence-electron chi connectivity index (χ0n) is 5.34. The van der Waals surface area contributed by atoms with E-state index in [4.69, 9.17) is 0 Å². The Morgan fingerprint density at radius 3 is 2.89 bits per heavy atom. The van der Waals surface area contributed by atoms with Crippen LogP contribution >= 0.6 is 12.0 Å². The van der Waals surface area contributed by atoms with Gasteiger partial charge in [-0.1, -0.05) is 6.54 Å². The molecule has 0 aliphatic rings. The molecule has 0 aromatic rings. The maximum absolute atomic E-state index is 9.44. The molecule has 0 atom stereocenters. The van der Waals surface area contributed by atoms with Gasteiger partial charge in [-0.05, 0) is 0 Å². The molecule has 4 nitrogen and oxygen atoms in total. The molecule has 0 amide bonds. The molecule has 0 aliphatic carbocycles. The zero-order chi connectivity index (χ0) is 6.24. The van der Waals surface area contributed by atoms with E-state index in [1.54, 1.807) is 12.5 Å². The summed E-state index contributed by atoms with van der Waals surface area (Å²) in [4.78, 5) is 13.6. The van der Waals surface area contributed by atoms with Gasteiger partial charge in [-0.15, -0.1) is 9.32 Å². The zero-order valence-corrected chi connectivity index (χ0v) is 9.28. The molecule has 0 aromatic carbocycles. The number of nitrogens with one attached hydrogen (secondary N) is 1. The van der Waals surface area contributed by atoms with Crippen molar-refractivity contribution in [1.82, 2.24) is 5.48 Å². The summed E-state index contributed by atoms with van der Waals surface area (Å²) in [6.45, 7) is 0.0144. The summed E-state index contributed by atoms with van der Waals surface area (Å²) in [5.74, 6) is 0. The van der Waals surface area contributed by atoms with Gasteiger partial charge in [-0.25, -0.2) is 6.29 Å². The summed E-state index contributed by atoms with van der Waals surface area (Å²) in [5.41, 5.74) is 2.17. The van der Waals surface area contributed by atoms with Crippen LogP contribution in [-0.2, 0) is 14.1 Å². The molecule has 0 spiro atoms. The van der Waals surface area contributed by atoms with Gasteiger partial charge in [-0.3, -0.25) is 0 Å². The SMILES string of the molecule is CSOONC[C-]=O.[K+]. The van der Waals surface area contributed by atoms with Crippen molar-refractivity contribution in [1.29, 1.82) is 0 Å². The van der Waals surface area contributed by atoms with Crippen LogP contribution in [0.4, 0.5) is 0 Å². The van der Waals surface area contributed by atoms with Gasteiger partial charge in [-0.2, -0.15) is 5.48 Å². The van der Waals surface area contributed by atoms with Crippen molar-refractivity contribution in [3.63, 3.8) is 0 Å². The van der Waals surface area contributed by atoms with Crippen LogP contribution in [-0.4, -0.2) is 19.1 Å². The average molecular weight is 175 g/mol. The van der Waals surface area contributed by atoms with Gasteiger partial charge in [0.25, 0.3) is 0 Å². The molecule has 0 saturated heterocycles. The molecule has 0 bridgehead atoms. The van der Waals surface area contributed by atoms with E-state index in [1.165, 1.54) is 0 Å². The average Bonchev–Trinajstić information content (AvgIpc) is 1.81. The fraction of sp³-hybridized carbons (Fsp3) is 0.667. The standard InChI is InChI=1S/C3H6NO3S.K/c1-8-7-6-4-2-3-5;/h4H,2H2,1H3;/q-1;+1. The molecule has 0 unspecified atom stereocenters. The Hall–Kier alpha value is 1.54. The Balaban J connectivity index is 0. The summed E-state index contributed by atoms with van der Waals surface area (Å²) in [7, 11) is 0. The van der Waals surface area contributed by atoms with Crippen molar-refractivity contribution >= 4 is 18.3 Å². The molecule has 1 N–H and O–H groups in total. The fourth-order valence-electron chi connectivity index (χ4n) is 0.117. The maximum Gasteiger partial charge on any atom is 1.00 e. The topological polar surface area (TPSA) is 47.6 Å². The predicted molar refractivity (Wildman–Crippen MR) is 29.4 cm³/mol. The molecule has 0 saturated carbocycles. The van der Waals surface area contributed by atoms with Crippen molar-refractivity contribution in [2.24, 2.45) is 0 Å². The van der Waals surface area contributed by atoms with Crippen LogP contribution in [0.2, 0.25) is 0 Å². The van der Waals surface area contributed by atoms with Crippen LogP contribution in [0.1, 0.15) is 0 Å². The van der Waals surface area contributed by atoms with E-state index in [0.29, 0.717) is 0 Å². The summed E-state index contributed by atoms with van der Waals surface area (Å²) < 4.78 is 4.26. The van der Waals surface area contributed by atoms with Crippen molar-refractivity contribution in [3.8, 4) is 0 Å². The molecule has 9 heavy (non-hydrogen) atoms. The number of hydrogen-bond acceptors (Lipinski definition) is 5. The summed E-state index contributed by atoms with van der Waals surface area (Å²) >= 11 is 1.04. The molecule has 0 rings (SSSR count). The second kappa shape index (κ2) is 12.2. The van der Waals surface area contributed by atoms with E-state index in [1.807, 2.05) is 0 Å². The van der Waals surface area contributed by atoms with Crippen molar-refractivity contribution in [2.45, 2.75) is 0 Å². The van der Waals surface area contributed by atoms with Gasteiger partial charge in [0.15, 0.2) is 0 Å². The van der Waals surface area contributed by atoms with Gasteiger partial charge in [0.05, 0.1) is 0 Å². The number of rotatable bonds is 5. The Kier molecular flexibility index (Phi) is 17.9. The maximum atomic E-state index is 9.44. The molecular formula is C3H6KNO3S. The third-order valence-corrected chi connectivity index (χ3v) is 0.509. The van der Waals surface area contributed by atoms with E-state index in [-0.39, 0.29) is 57.9 Å². The second-order valence-corrected chi connectivity index (χ2v) is 1.25. The number of hydrogen-bond donors (Lipinski definition) is 1. The van der Waals surface area contributed by atoms with E-state index >= 15 is 0 Å².